The van der Waals surface area contributed by atoms with Crippen molar-refractivity contribution in [3.8, 4) is 11.5 Å². The lowest BCUT2D eigenvalue weighted by molar-refractivity contribution is -0.684. The van der Waals surface area contributed by atoms with Gasteiger partial charge in [-0.05, 0) is 35.8 Å². The summed E-state index contributed by atoms with van der Waals surface area (Å²) in [6.45, 7) is 0.710. The maximum Gasteiger partial charge on any atom is 0.352 e. The molecule has 264 valence electrons. The number of aromatic nitrogens is 2. The molecule has 6 rings (SSSR count). The van der Waals surface area contributed by atoms with Gasteiger partial charge < -0.3 is 41.4 Å². The monoisotopic (exact) mass is 735 g/mol. The van der Waals surface area contributed by atoms with Gasteiger partial charge in [0.1, 0.15) is 22.8 Å². The molecule has 2 atom stereocenters. The molecule has 2 saturated heterocycles. The number of carbonyl (C=O) groups is 5. The molecule has 51 heavy (non-hydrogen) atoms. The second-order valence-corrected chi connectivity index (χ2v) is 13.5. The Morgan fingerprint density at radius 2 is 1.98 bits per heavy atom. The maximum atomic E-state index is 13.3. The summed E-state index contributed by atoms with van der Waals surface area (Å²) >= 11 is 2.26. The zero-order valence-electron chi connectivity index (χ0n) is 26.8. The van der Waals surface area contributed by atoms with Gasteiger partial charge in [-0.15, -0.1) is 23.1 Å². The van der Waals surface area contributed by atoms with Crippen molar-refractivity contribution < 1.29 is 48.7 Å². The predicted molar refractivity (Wildman–Crippen MR) is 183 cm³/mol. The summed E-state index contributed by atoms with van der Waals surface area (Å²) in [5.74, 6) is -3.10. The van der Waals surface area contributed by atoms with Gasteiger partial charge in [-0.3, -0.25) is 24.1 Å². The third kappa shape index (κ3) is 7.19. The Morgan fingerprint density at radius 1 is 1.22 bits per heavy atom. The smallest absolute Gasteiger partial charge is 0.352 e. The standard InChI is InChI=1S/C32H30N8O9S2/c1-49-22-11-19(2-3-21(22)41)34-23(42)13-38-7-4-16(5-8-38)12-39-9-6-17(28(39)44)10-18-14-50-30-25(29(45)40(30)26(18)31(46)47)36-27(43)24(37-48)20-15-51-32(33)35-20/h2-5,7-8,10-11,15,25,30H,6,9,12-14H2,1H3,(H6-,33,34,35,36,37,41,42,43,46,47,48)/p+1/b17-10+/t25-,30-/m1/s1. The molecule has 1 aromatic carbocycles. The minimum Gasteiger partial charge on any atom is -0.504 e. The van der Waals surface area contributed by atoms with Crippen LogP contribution in [0, 0.1) is 0 Å². The Hall–Kier alpha value is -5.95. The van der Waals surface area contributed by atoms with Crippen LogP contribution in [-0.4, -0.2) is 96.3 Å². The van der Waals surface area contributed by atoms with Crippen molar-refractivity contribution in [2.45, 2.75) is 30.9 Å². The number of pyridine rings is 1. The number of carboxylic acid groups (broad SMARTS) is 1. The van der Waals surface area contributed by atoms with Crippen LogP contribution < -0.4 is 25.7 Å². The van der Waals surface area contributed by atoms with Crippen LogP contribution in [0.15, 0.2) is 76.2 Å². The number of hydrogen-bond donors (Lipinski definition) is 6. The van der Waals surface area contributed by atoms with E-state index in [9.17, 15) is 39.4 Å². The van der Waals surface area contributed by atoms with Gasteiger partial charge in [-0.2, -0.15) is 4.57 Å². The number of rotatable bonds is 11. The van der Waals surface area contributed by atoms with Crippen molar-refractivity contribution in [2.24, 2.45) is 5.16 Å². The number of aliphatic carboxylic acids is 1. The Bertz CT molecular complexity index is 2030. The largest absolute Gasteiger partial charge is 0.504 e. The number of thioether (sulfide) groups is 1. The lowest BCUT2D eigenvalue weighted by Gasteiger charge is -2.49. The van der Waals surface area contributed by atoms with Gasteiger partial charge in [0.05, 0.1) is 7.11 Å². The molecular formula is C32H31N8O9S2+. The zero-order chi connectivity index (χ0) is 36.4. The number of carboxylic acids is 1. The molecule has 3 aliphatic rings. The van der Waals surface area contributed by atoms with E-state index in [0.29, 0.717) is 29.8 Å². The van der Waals surface area contributed by atoms with E-state index in [1.54, 1.807) is 40.1 Å². The Morgan fingerprint density at radius 3 is 2.65 bits per heavy atom. The van der Waals surface area contributed by atoms with E-state index < -0.39 is 34.9 Å². The van der Waals surface area contributed by atoms with Gasteiger partial charge in [-0.1, -0.05) is 5.16 Å². The van der Waals surface area contributed by atoms with Crippen LogP contribution in [0.4, 0.5) is 10.8 Å². The number of allylic oxidation sites excluding steroid dienone is 1. The molecule has 3 aliphatic heterocycles. The number of oxime groups is 1. The lowest BCUT2D eigenvalue weighted by Crippen LogP contribution is -2.71. The van der Waals surface area contributed by atoms with Crippen molar-refractivity contribution in [1.29, 1.82) is 0 Å². The van der Waals surface area contributed by atoms with E-state index in [2.05, 4.69) is 20.8 Å². The highest BCUT2D eigenvalue weighted by molar-refractivity contribution is 8.00. The van der Waals surface area contributed by atoms with Gasteiger partial charge in [-0.25, -0.2) is 9.78 Å². The number of nitrogen functional groups attached to an aromatic ring is 1. The molecule has 0 saturated carbocycles. The molecule has 19 heteroatoms. The first-order valence-electron chi connectivity index (χ1n) is 15.3. The Labute approximate surface area is 297 Å². The Kier molecular flexibility index (Phi) is 9.92. The predicted octanol–water partition coefficient (Wildman–Crippen LogP) is 0.642. The molecule has 0 spiro atoms. The molecule has 17 nitrogen and oxygen atoms in total. The number of ether oxygens (including phenoxy) is 1. The first-order chi connectivity index (χ1) is 24.5. The van der Waals surface area contributed by atoms with E-state index in [4.69, 9.17) is 10.5 Å². The van der Waals surface area contributed by atoms with Crippen molar-refractivity contribution in [2.75, 3.05) is 30.5 Å². The summed E-state index contributed by atoms with van der Waals surface area (Å²) in [5.41, 5.74) is 6.90. The fraction of sp³-hybridized carbons (Fsp3) is 0.250. The number of nitrogens with one attached hydrogen (secondary N) is 2. The van der Waals surface area contributed by atoms with E-state index >= 15 is 0 Å². The van der Waals surface area contributed by atoms with Gasteiger partial charge in [0.15, 0.2) is 34.7 Å². The van der Waals surface area contributed by atoms with E-state index in [0.717, 1.165) is 21.8 Å². The molecular weight excluding hydrogens is 705 g/mol. The summed E-state index contributed by atoms with van der Waals surface area (Å²) in [6.07, 6.45) is 5.33. The maximum absolute atomic E-state index is 13.3. The normalized spacial score (nSPS) is 19.5. The highest BCUT2D eigenvalue weighted by Gasteiger charge is 2.54. The van der Waals surface area contributed by atoms with Crippen LogP contribution in [0.2, 0.25) is 0 Å². The lowest BCUT2D eigenvalue weighted by atomic mass is 10.0. The second kappa shape index (κ2) is 14.5. The summed E-state index contributed by atoms with van der Waals surface area (Å²) < 4.78 is 6.74. The van der Waals surface area contributed by atoms with Crippen molar-refractivity contribution in [3.05, 3.63) is 82.3 Å². The van der Waals surface area contributed by atoms with Crippen LogP contribution >= 0.6 is 23.1 Å². The van der Waals surface area contributed by atoms with Gasteiger partial charge in [0.25, 0.3) is 17.7 Å². The number of β-lactam (4-membered cyclic amide) rings is 1. The number of thiazole rings is 1. The molecule has 4 amide bonds. The second-order valence-electron chi connectivity index (χ2n) is 11.5. The van der Waals surface area contributed by atoms with E-state index in [-0.39, 0.29) is 58.7 Å². The molecule has 2 aromatic heterocycles. The van der Waals surface area contributed by atoms with Gasteiger partial charge in [0, 0.05) is 53.7 Å². The molecule has 7 N–H and O–H groups in total. The SMILES string of the molecule is COc1cc(NC(=O)C[n+]2ccc(CN3CC/C(=C\C4=C(C(=O)O)N5C(=O)[C@@H](NC(=O)/C(=N\O)c6csc(N)n6)[C@H]5SC4)C3=O)cc2)ccc1O. The van der Waals surface area contributed by atoms with Crippen LogP contribution in [0.1, 0.15) is 17.7 Å². The number of hydrogen-bond acceptors (Lipinski definition) is 13. The van der Waals surface area contributed by atoms with Gasteiger partial charge in [0.2, 0.25) is 12.5 Å². The molecule has 5 heterocycles. The molecule has 2 fully saturated rings. The van der Waals surface area contributed by atoms with Crippen molar-refractivity contribution in [1.82, 2.24) is 20.1 Å². The molecule has 0 unspecified atom stereocenters. The number of nitrogens with zero attached hydrogens (tertiary/aromatic N) is 5. The number of likely N-dealkylation sites (tertiary alicyclic amines) is 1. The summed E-state index contributed by atoms with van der Waals surface area (Å²) in [5, 5.41) is 38.3. The minimum atomic E-state index is -1.35. The number of amides is 4. The fourth-order valence-electron chi connectivity index (χ4n) is 5.78. The number of aromatic hydroxyl groups is 1. The average Bonchev–Trinajstić information content (AvgIpc) is 3.69. The highest BCUT2D eigenvalue weighted by Crippen LogP contribution is 2.41. The first-order valence-corrected chi connectivity index (χ1v) is 17.2. The van der Waals surface area contributed by atoms with Crippen LogP contribution in [0.3, 0.4) is 0 Å². The van der Waals surface area contributed by atoms with E-state index in [1.807, 2.05) is 0 Å². The molecule has 3 aromatic rings. The third-order valence-electron chi connectivity index (χ3n) is 8.25. The number of nitrogens with two attached hydrogens (primary N) is 1. The third-order valence-corrected chi connectivity index (χ3v) is 10.2. The van der Waals surface area contributed by atoms with Crippen LogP contribution in [0.25, 0.3) is 0 Å². The molecule has 0 radical (unpaired) electrons. The van der Waals surface area contributed by atoms with Crippen molar-refractivity contribution >= 4 is 69.2 Å². The topological polar surface area (TPSA) is 241 Å². The Balaban J connectivity index is 1.07. The fourth-order valence-corrected chi connectivity index (χ4v) is 7.63. The van der Waals surface area contributed by atoms with E-state index in [1.165, 1.54) is 42.5 Å². The number of fused-ring (bicyclic) bond motifs is 1. The molecule has 0 aliphatic carbocycles. The number of carbonyl (C=O) groups excluding carboxylic acids is 4. The number of benzene rings is 1. The van der Waals surface area contributed by atoms with Crippen LogP contribution in [0.5, 0.6) is 11.5 Å². The number of phenols is 1. The van der Waals surface area contributed by atoms with Crippen LogP contribution in [-0.2, 0) is 37.1 Å². The summed E-state index contributed by atoms with van der Waals surface area (Å²) in [4.78, 5) is 70.8. The summed E-state index contributed by atoms with van der Waals surface area (Å²) in [6, 6.07) is 6.99. The van der Waals surface area contributed by atoms with Gasteiger partial charge >= 0.3 is 5.97 Å². The summed E-state index contributed by atoms with van der Waals surface area (Å²) in [7, 11) is 1.41. The van der Waals surface area contributed by atoms with Crippen molar-refractivity contribution in [3.63, 3.8) is 0 Å². The highest BCUT2D eigenvalue weighted by atomic mass is 32.2. The average molecular weight is 736 g/mol. The zero-order valence-corrected chi connectivity index (χ0v) is 28.4. The molecule has 0 bridgehead atoms. The quantitative estimate of drug-likeness (QED) is 0.0303. The first kappa shape index (κ1) is 34.9. The number of methoxy groups -OCH3 is 1. The number of phenolic OH excluding ortho intramolecular Hbond substituents is 1. The number of anilines is 2. The minimum absolute atomic E-state index is 0.0195.